The molecule has 0 aliphatic heterocycles. The van der Waals surface area contributed by atoms with Gasteiger partial charge in [0.05, 0.1) is 6.54 Å². The molecule has 0 aliphatic carbocycles. The molecule has 0 saturated heterocycles. The van der Waals surface area contributed by atoms with E-state index in [0.29, 0.717) is 0 Å². The number of benzene rings is 1. The summed E-state index contributed by atoms with van der Waals surface area (Å²) in [4.78, 5) is 5.94. The summed E-state index contributed by atoms with van der Waals surface area (Å²) in [5.41, 5.74) is 2.13. The molecule has 0 unspecified atom stereocenters. The van der Waals surface area contributed by atoms with E-state index in [1.165, 1.54) is 4.90 Å². The molecule has 1 N–H and O–H groups in total. The van der Waals surface area contributed by atoms with Crippen LogP contribution < -0.4 is 5.32 Å². The van der Waals surface area contributed by atoms with E-state index in [1.807, 2.05) is 14.1 Å². The molecule has 2 rings (SSSR count). The molecule has 0 aliphatic rings. The zero-order valence-corrected chi connectivity index (χ0v) is 13.1. The van der Waals surface area contributed by atoms with Crippen molar-refractivity contribution >= 4 is 27.7 Å². The van der Waals surface area contributed by atoms with Crippen LogP contribution in [-0.4, -0.2) is 22.9 Å². The fourth-order valence-corrected chi connectivity index (χ4v) is 2.70. The van der Waals surface area contributed by atoms with Crippen molar-refractivity contribution in [2.45, 2.75) is 11.4 Å². The van der Waals surface area contributed by atoms with Crippen molar-refractivity contribution in [3.05, 3.63) is 34.7 Å². The third-order valence-corrected chi connectivity index (χ3v) is 4.47. The van der Waals surface area contributed by atoms with E-state index in [9.17, 15) is 0 Å². The second-order valence-electron chi connectivity index (χ2n) is 3.99. The van der Waals surface area contributed by atoms with Gasteiger partial charge in [0.1, 0.15) is 16.1 Å². The molecule has 3 nitrogen and oxygen atoms in total. The summed E-state index contributed by atoms with van der Waals surface area (Å²) in [6.07, 6.45) is 2.08. The lowest BCUT2D eigenvalue weighted by atomic mass is 10.2. The fraction of sp³-hybridized carbons (Fsp3) is 0.308. The molecule has 0 fully saturated rings. The Bertz CT molecular complexity index is 534. The fourth-order valence-electron chi connectivity index (χ4n) is 1.77. The van der Waals surface area contributed by atoms with Crippen molar-refractivity contribution < 1.29 is 0 Å². The van der Waals surface area contributed by atoms with Crippen LogP contribution >= 0.6 is 27.7 Å². The Morgan fingerprint density at radius 3 is 2.56 bits per heavy atom. The number of halogens is 1. The highest BCUT2D eigenvalue weighted by atomic mass is 79.9. The summed E-state index contributed by atoms with van der Waals surface area (Å²) in [5, 5.41) is 3.13. The molecule has 0 atom stereocenters. The molecule has 0 amide bonds. The second kappa shape index (κ2) is 5.91. The van der Waals surface area contributed by atoms with E-state index in [1.54, 1.807) is 11.8 Å². The van der Waals surface area contributed by atoms with Crippen molar-refractivity contribution in [3.8, 4) is 11.3 Å². The van der Waals surface area contributed by atoms with Crippen molar-refractivity contribution in [3.63, 3.8) is 0 Å². The zero-order chi connectivity index (χ0) is 13.1. The van der Waals surface area contributed by atoms with E-state index >= 15 is 0 Å². The Hall–Kier alpha value is -0.780. The molecule has 1 aromatic heterocycles. The maximum atomic E-state index is 4.67. The summed E-state index contributed by atoms with van der Waals surface area (Å²) in [5.74, 6) is 1.02. The predicted octanol–water partition coefficient (Wildman–Crippen LogP) is 3.29. The number of rotatable bonds is 4. The van der Waals surface area contributed by atoms with Crippen molar-refractivity contribution in [1.82, 2.24) is 14.9 Å². The number of thioether (sulfide) groups is 1. The maximum Gasteiger partial charge on any atom is 0.124 e. The Balaban J connectivity index is 2.40. The molecule has 96 valence electrons. The summed E-state index contributed by atoms with van der Waals surface area (Å²) in [7, 11) is 3.94. The van der Waals surface area contributed by atoms with Gasteiger partial charge in [0, 0.05) is 17.5 Å². The first-order valence-corrected chi connectivity index (χ1v) is 7.69. The van der Waals surface area contributed by atoms with Gasteiger partial charge in [-0.1, -0.05) is 12.1 Å². The largest absolute Gasteiger partial charge is 0.324 e. The van der Waals surface area contributed by atoms with Gasteiger partial charge in [0.2, 0.25) is 0 Å². The van der Waals surface area contributed by atoms with Crippen LogP contribution in [0.4, 0.5) is 0 Å². The highest BCUT2D eigenvalue weighted by Crippen LogP contribution is 2.29. The van der Waals surface area contributed by atoms with Gasteiger partial charge in [-0.3, -0.25) is 0 Å². The van der Waals surface area contributed by atoms with Crippen molar-refractivity contribution in [2.24, 2.45) is 7.05 Å². The van der Waals surface area contributed by atoms with Gasteiger partial charge in [-0.2, -0.15) is 0 Å². The smallest absolute Gasteiger partial charge is 0.124 e. The first-order chi connectivity index (χ1) is 8.67. The van der Waals surface area contributed by atoms with Gasteiger partial charge >= 0.3 is 0 Å². The van der Waals surface area contributed by atoms with E-state index < -0.39 is 0 Å². The number of hydrogen-bond acceptors (Lipinski definition) is 3. The minimum atomic E-state index is 0.762. The van der Waals surface area contributed by atoms with Crippen LogP contribution in [-0.2, 0) is 13.6 Å². The zero-order valence-electron chi connectivity index (χ0n) is 10.7. The van der Waals surface area contributed by atoms with Crippen LogP contribution in [0.5, 0.6) is 0 Å². The van der Waals surface area contributed by atoms with Crippen LogP contribution in [0.3, 0.4) is 0 Å². The molecule has 1 aromatic carbocycles. The van der Waals surface area contributed by atoms with Crippen LogP contribution in [0.25, 0.3) is 11.3 Å². The minimum absolute atomic E-state index is 0.762. The molecule has 0 bridgehead atoms. The Morgan fingerprint density at radius 1 is 1.33 bits per heavy atom. The Morgan fingerprint density at radius 2 is 2.00 bits per heavy atom. The quantitative estimate of drug-likeness (QED) is 0.875. The average Bonchev–Trinajstić information content (AvgIpc) is 2.68. The molecule has 0 radical (unpaired) electrons. The minimum Gasteiger partial charge on any atom is -0.324 e. The first kappa shape index (κ1) is 13.6. The first-order valence-electron chi connectivity index (χ1n) is 5.67. The molecule has 0 saturated carbocycles. The second-order valence-corrected chi connectivity index (χ2v) is 5.62. The highest BCUT2D eigenvalue weighted by molar-refractivity contribution is 9.10. The average molecular weight is 326 g/mol. The van der Waals surface area contributed by atoms with Crippen LogP contribution in [0.15, 0.2) is 33.8 Å². The Kier molecular flexibility index (Phi) is 4.48. The van der Waals surface area contributed by atoms with E-state index in [-0.39, 0.29) is 0 Å². The molecule has 1 heterocycles. The van der Waals surface area contributed by atoms with Crippen LogP contribution in [0, 0.1) is 0 Å². The topological polar surface area (TPSA) is 29.9 Å². The monoisotopic (exact) mass is 325 g/mol. The molecule has 0 spiro atoms. The third-order valence-electron chi connectivity index (χ3n) is 2.82. The molecule has 2 aromatic rings. The third kappa shape index (κ3) is 2.63. The van der Waals surface area contributed by atoms with E-state index in [4.69, 9.17) is 0 Å². The summed E-state index contributed by atoms with van der Waals surface area (Å²) in [6, 6.07) is 8.47. The number of aromatic nitrogens is 2. The molecule has 5 heteroatoms. The number of hydrogen-bond donors (Lipinski definition) is 1. The van der Waals surface area contributed by atoms with Gasteiger partial charge in [0.25, 0.3) is 0 Å². The van der Waals surface area contributed by atoms with Gasteiger partial charge in [0.15, 0.2) is 0 Å². The lowest BCUT2D eigenvalue weighted by molar-refractivity contribution is 0.704. The standard InChI is InChI=1S/C13H16BrN3S/c1-15-8-11-16-12(13(14)17(11)2)9-4-6-10(18-3)7-5-9/h4-7,15H,8H2,1-3H3. The maximum absolute atomic E-state index is 4.67. The Labute approximate surface area is 120 Å². The molecule has 18 heavy (non-hydrogen) atoms. The number of nitrogens with zero attached hydrogens (tertiary/aromatic N) is 2. The molecular formula is C13H16BrN3S. The lowest BCUT2D eigenvalue weighted by Gasteiger charge is -2.01. The summed E-state index contributed by atoms with van der Waals surface area (Å²) >= 11 is 5.36. The van der Waals surface area contributed by atoms with Gasteiger partial charge in [-0.25, -0.2) is 4.98 Å². The number of nitrogens with one attached hydrogen (secondary N) is 1. The lowest BCUT2D eigenvalue weighted by Crippen LogP contribution is -2.10. The van der Waals surface area contributed by atoms with Crippen LogP contribution in [0.2, 0.25) is 0 Å². The van der Waals surface area contributed by atoms with E-state index in [0.717, 1.165) is 28.2 Å². The normalized spacial score (nSPS) is 10.9. The van der Waals surface area contributed by atoms with Gasteiger partial charge in [-0.15, -0.1) is 11.8 Å². The van der Waals surface area contributed by atoms with Crippen LogP contribution in [0.1, 0.15) is 5.82 Å². The summed E-state index contributed by atoms with van der Waals surface area (Å²) in [6.45, 7) is 0.762. The van der Waals surface area contributed by atoms with Gasteiger partial charge < -0.3 is 9.88 Å². The number of imidazole rings is 1. The molecular weight excluding hydrogens is 310 g/mol. The van der Waals surface area contributed by atoms with Gasteiger partial charge in [-0.05, 0) is 41.4 Å². The predicted molar refractivity (Wildman–Crippen MR) is 80.9 cm³/mol. The summed E-state index contributed by atoms with van der Waals surface area (Å²) < 4.78 is 3.08. The van der Waals surface area contributed by atoms with Crippen molar-refractivity contribution in [1.29, 1.82) is 0 Å². The van der Waals surface area contributed by atoms with E-state index in [2.05, 4.69) is 61.3 Å². The SMILES string of the molecule is CNCc1nc(-c2ccc(SC)cc2)c(Br)n1C. The van der Waals surface area contributed by atoms with Crippen molar-refractivity contribution in [2.75, 3.05) is 13.3 Å². The highest BCUT2D eigenvalue weighted by Gasteiger charge is 2.13.